The van der Waals surface area contributed by atoms with E-state index in [4.69, 9.17) is 4.74 Å². The van der Waals surface area contributed by atoms with Crippen molar-refractivity contribution in [2.45, 2.75) is 20.3 Å². The largest absolute Gasteiger partial charge is 0.493 e. The Morgan fingerprint density at radius 1 is 0.765 bits per heavy atom. The van der Waals surface area contributed by atoms with Gasteiger partial charge in [-0.25, -0.2) is 0 Å². The van der Waals surface area contributed by atoms with Crippen molar-refractivity contribution in [3.05, 3.63) is 66.2 Å². The van der Waals surface area contributed by atoms with E-state index in [1.54, 1.807) is 0 Å². The lowest BCUT2D eigenvalue weighted by atomic mass is 10.2. The van der Waals surface area contributed by atoms with Crippen molar-refractivity contribution in [2.75, 3.05) is 6.61 Å². The lowest BCUT2D eigenvalue weighted by Crippen LogP contribution is -2.00. The molecule has 0 aliphatic rings. The third-order valence-electron chi connectivity index (χ3n) is 2.25. The van der Waals surface area contributed by atoms with Gasteiger partial charge < -0.3 is 4.74 Å². The zero-order valence-corrected chi connectivity index (χ0v) is 10.6. The van der Waals surface area contributed by atoms with Crippen LogP contribution in [0.4, 0.5) is 0 Å². The number of hydrogen-bond donors (Lipinski definition) is 0. The zero-order valence-electron chi connectivity index (χ0n) is 10.6. The topological polar surface area (TPSA) is 9.23 Å². The van der Waals surface area contributed by atoms with Crippen LogP contribution >= 0.6 is 0 Å². The van der Waals surface area contributed by atoms with Gasteiger partial charge in [-0.05, 0) is 17.7 Å². The molecule has 0 saturated carbocycles. The molecule has 90 valence electrons. The molecule has 0 heterocycles. The van der Waals surface area contributed by atoms with Crippen LogP contribution < -0.4 is 4.74 Å². The summed E-state index contributed by atoms with van der Waals surface area (Å²) in [5.74, 6) is 0.938. The summed E-state index contributed by atoms with van der Waals surface area (Å²) in [6, 6.07) is 20.3. The van der Waals surface area contributed by atoms with E-state index in [2.05, 4.69) is 24.3 Å². The minimum atomic E-state index is 0.730. The Hall–Kier alpha value is -1.76. The minimum absolute atomic E-state index is 0.730. The molecule has 2 aromatic carbocycles. The van der Waals surface area contributed by atoms with Gasteiger partial charge in [0.25, 0.3) is 0 Å². The molecule has 0 N–H and O–H groups in total. The number of para-hydroxylation sites is 1. The fraction of sp³-hybridized carbons (Fsp3) is 0.250. The summed E-state index contributed by atoms with van der Waals surface area (Å²) in [7, 11) is 0. The highest BCUT2D eigenvalue weighted by Crippen LogP contribution is 2.09. The fourth-order valence-electron chi connectivity index (χ4n) is 1.45. The number of benzene rings is 2. The highest BCUT2D eigenvalue weighted by molar-refractivity contribution is 5.21. The summed E-state index contributed by atoms with van der Waals surface area (Å²) < 4.78 is 5.61. The number of hydrogen-bond acceptors (Lipinski definition) is 1. The van der Waals surface area contributed by atoms with E-state index in [9.17, 15) is 0 Å². The summed E-state index contributed by atoms with van der Waals surface area (Å²) in [6.45, 7) is 4.73. The van der Waals surface area contributed by atoms with Gasteiger partial charge in [0.05, 0.1) is 6.61 Å². The molecule has 2 aromatic rings. The third kappa shape index (κ3) is 5.21. The average molecular weight is 228 g/mol. The molecule has 0 aromatic heterocycles. The Bertz CT molecular complexity index is 341. The highest BCUT2D eigenvalue weighted by Gasteiger charge is 1.93. The lowest BCUT2D eigenvalue weighted by molar-refractivity contribution is 0.322. The van der Waals surface area contributed by atoms with Crippen LogP contribution in [0.1, 0.15) is 19.4 Å². The van der Waals surface area contributed by atoms with Crippen LogP contribution in [0.2, 0.25) is 0 Å². The Labute approximate surface area is 104 Å². The molecule has 0 spiro atoms. The molecule has 0 saturated heterocycles. The van der Waals surface area contributed by atoms with Crippen molar-refractivity contribution >= 4 is 0 Å². The predicted molar refractivity (Wildman–Crippen MR) is 73.4 cm³/mol. The SMILES string of the molecule is CC.c1ccc(CCOc2ccccc2)cc1. The van der Waals surface area contributed by atoms with E-state index in [-0.39, 0.29) is 0 Å². The molecule has 17 heavy (non-hydrogen) atoms. The van der Waals surface area contributed by atoms with Crippen molar-refractivity contribution in [1.82, 2.24) is 0 Å². The molecule has 0 bridgehead atoms. The second kappa shape index (κ2) is 8.40. The van der Waals surface area contributed by atoms with Crippen LogP contribution in [-0.2, 0) is 6.42 Å². The van der Waals surface area contributed by atoms with E-state index < -0.39 is 0 Å². The first-order chi connectivity index (χ1) is 8.45. The summed E-state index contributed by atoms with van der Waals surface area (Å²) in [5.41, 5.74) is 1.31. The standard InChI is InChI=1S/C14H14O.C2H6/c1-3-7-13(8-4-1)11-12-15-14-9-5-2-6-10-14;1-2/h1-10H,11-12H2;1-2H3. The molecule has 0 atom stereocenters. The Morgan fingerprint density at radius 3 is 1.88 bits per heavy atom. The monoisotopic (exact) mass is 228 g/mol. The zero-order chi connectivity index (χ0) is 12.3. The first-order valence-electron chi connectivity index (χ1n) is 6.17. The van der Waals surface area contributed by atoms with Crippen LogP contribution in [0.5, 0.6) is 5.75 Å². The van der Waals surface area contributed by atoms with E-state index in [0.717, 1.165) is 18.8 Å². The van der Waals surface area contributed by atoms with E-state index in [1.165, 1.54) is 5.56 Å². The highest BCUT2D eigenvalue weighted by atomic mass is 16.5. The maximum Gasteiger partial charge on any atom is 0.119 e. The molecule has 0 unspecified atom stereocenters. The number of rotatable bonds is 4. The normalized spacial score (nSPS) is 9.06. The lowest BCUT2D eigenvalue weighted by Gasteiger charge is -2.05. The van der Waals surface area contributed by atoms with Crippen molar-refractivity contribution in [3.8, 4) is 5.75 Å². The second-order valence-electron chi connectivity index (χ2n) is 3.40. The van der Waals surface area contributed by atoms with Crippen molar-refractivity contribution in [2.24, 2.45) is 0 Å². The van der Waals surface area contributed by atoms with E-state index in [0.29, 0.717) is 0 Å². The van der Waals surface area contributed by atoms with Crippen molar-refractivity contribution < 1.29 is 4.74 Å². The van der Waals surface area contributed by atoms with Gasteiger partial charge in [0.2, 0.25) is 0 Å². The van der Waals surface area contributed by atoms with Gasteiger partial charge in [0.15, 0.2) is 0 Å². The van der Waals surface area contributed by atoms with E-state index in [1.807, 2.05) is 50.2 Å². The summed E-state index contributed by atoms with van der Waals surface area (Å²) >= 11 is 0. The molecule has 1 heteroatoms. The van der Waals surface area contributed by atoms with E-state index >= 15 is 0 Å². The van der Waals surface area contributed by atoms with Crippen LogP contribution in [0.3, 0.4) is 0 Å². The van der Waals surface area contributed by atoms with Crippen LogP contribution in [0.25, 0.3) is 0 Å². The van der Waals surface area contributed by atoms with Crippen molar-refractivity contribution in [1.29, 1.82) is 0 Å². The molecule has 1 nitrogen and oxygen atoms in total. The molecular weight excluding hydrogens is 208 g/mol. The fourth-order valence-corrected chi connectivity index (χ4v) is 1.45. The Morgan fingerprint density at radius 2 is 1.29 bits per heavy atom. The molecule has 2 rings (SSSR count). The van der Waals surface area contributed by atoms with Gasteiger partial charge in [-0.1, -0.05) is 62.4 Å². The average Bonchev–Trinajstić information content (AvgIpc) is 2.43. The minimum Gasteiger partial charge on any atom is -0.493 e. The van der Waals surface area contributed by atoms with Gasteiger partial charge in [-0.15, -0.1) is 0 Å². The first kappa shape index (κ1) is 13.3. The molecule has 0 aliphatic carbocycles. The van der Waals surface area contributed by atoms with Crippen molar-refractivity contribution in [3.63, 3.8) is 0 Å². The van der Waals surface area contributed by atoms with Gasteiger partial charge >= 0.3 is 0 Å². The van der Waals surface area contributed by atoms with Gasteiger partial charge in [-0.2, -0.15) is 0 Å². The van der Waals surface area contributed by atoms with Gasteiger partial charge in [-0.3, -0.25) is 0 Å². The quantitative estimate of drug-likeness (QED) is 0.756. The smallest absolute Gasteiger partial charge is 0.119 e. The molecular formula is C16H20O. The molecule has 0 radical (unpaired) electrons. The number of ether oxygens (including phenoxy) is 1. The Balaban J connectivity index is 0.000000686. The second-order valence-corrected chi connectivity index (χ2v) is 3.40. The maximum absolute atomic E-state index is 5.61. The summed E-state index contributed by atoms with van der Waals surface area (Å²) in [4.78, 5) is 0. The van der Waals surface area contributed by atoms with Gasteiger partial charge in [0.1, 0.15) is 5.75 Å². The van der Waals surface area contributed by atoms with Gasteiger partial charge in [0, 0.05) is 6.42 Å². The first-order valence-corrected chi connectivity index (χ1v) is 6.17. The maximum atomic E-state index is 5.61. The van der Waals surface area contributed by atoms with Crippen LogP contribution in [0, 0.1) is 0 Å². The molecule has 0 fully saturated rings. The Kier molecular flexibility index (Phi) is 6.57. The van der Waals surface area contributed by atoms with Crippen LogP contribution in [-0.4, -0.2) is 6.61 Å². The molecule has 0 aliphatic heterocycles. The summed E-state index contributed by atoms with van der Waals surface area (Å²) in [5, 5.41) is 0. The summed E-state index contributed by atoms with van der Waals surface area (Å²) in [6.07, 6.45) is 0.954. The van der Waals surface area contributed by atoms with Crippen LogP contribution in [0.15, 0.2) is 60.7 Å². The predicted octanol–water partition coefficient (Wildman–Crippen LogP) is 4.33. The molecule has 0 amide bonds. The third-order valence-corrected chi connectivity index (χ3v) is 2.25.